The highest BCUT2D eigenvalue weighted by Gasteiger charge is 2.47. The van der Waals surface area contributed by atoms with Gasteiger partial charge in [0.15, 0.2) is 12.1 Å². The Labute approximate surface area is 179 Å². The zero-order chi connectivity index (χ0) is 22.0. The number of hydrogen-bond acceptors (Lipinski definition) is 4. The summed E-state index contributed by atoms with van der Waals surface area (Å²) in [4.78, 5) is 38.6. The summed E-state index contributed by atoms with van der Waals surface area (Å²) in [6.45, 7) is 1.82. The van der Waals surface area contributed by atoms with Gasteiger partial charge in [-0.15, -0.1) is 0 Å². The molecule has 1 saturated carbocycles. The number of anilines is 1. The minimum atomic E-state index is -0.882. The third-order valence-electron chi connectivity index (χ3n) is 5.36. The number of halogens is 1. The molecule has 0 radical (unpaired) electrons. The number of rotatable bonds is 7. The average Bonchev–Trinajstić information content (AvgIpc) is 3.51. The molecule has 1 aliphatic heterocycles. The van der Waals surface area contributed by atoms with Crippen LogP contribution in [0.2, 0.25) is 0 Å². The van der Waals surface area contributed by atoms with E-state index in [0.29, 0.717) is 23.2 Å². The molecule has 2 aromatic carbocycles. The summed E-state index contributed by atoms with van der Waals surface area (Å²) in [5, 5.41) is 5.71. The maximum atomic E-state index is 13.6. The van der Waals surface area contributed by atoms with E-state index in [1.807, 2.05) is 0 Å². The maximum Gasteiger partial charge on any atom is 0.411 e. The molecule has 162 valence electrons. The van der Waals surface area contributed by atoms with Crippen LogP contribution < -0.4 is 10.6 Å². The second kappa shape index (κ2) is 8.75. The molecule has 1 saturated heterocycles. The Hall–Kier alpha value is -3.42. The largest absolute Gasteiger partial charge is 0.438 e. The Kier molecular flexibility index (Phi) is 5.88. The van der Waals surface area contributed by atoms with Crippen LogP contribution in [0.3, 0.4) is 0 Å². The lowest BCUT2D eigenvalue weighted by molar-refractivity contribution is -0.126. The number of carbonyl (C=O) groups excluding carboxylic acids is 3. The first-order valence-corrected chi connectivity index (χ1v) is 10.4. The van der Waals surface area contributed by atoms with E-state index in [1.165, 1.54) is 17.0 Å². The Morgan fingerprint density at radius 2 is 1.90 bits per heavy atom. The van der Waals surface area contributed by atoms with Crippen LogP contribution in [0.1, 0.15) is 43.4 Å². The SMILES string of the molecule is CCC(=O)Nc1ccc(C2OC(=O)N(Cc3cccc(F)c3)C2C(=O)NC2CC2)cc1. The Balaban J connectivity index is 1.59. The van der Waals surface area contributed by atoms with Crippen molar-refractivity contribution in [3.05, 3.63) is 65.5 Å². The van der Waals surface area contributed by atoms with E-state index in [-0.39, 0.29) is 24.4 Å². The minimum absolute atomic E-state index is 0.0560. The lowest BCUT2D eigenvalue weighted by Crippen LogP contribution is -2.46. The second-order valence-electron chi connectivity index (χ2n) is 7.81. The fraction of sp³-hybridized carbons (Fsp3) is 0.348. The van der Waals surface area contributed by atoms with Gasteiger partial charge in [-0.05, 0) is 48.2 Å². The Morgan fingerprint density at radius 3 is 2.55 bits per heavy atom. The molecule has 2 fully saturated rings. The third kappa shape index (κ3) is 4.84. The number of hydrogen-bond donors (Lipinski definition) is 2. The zero-order valence-corrected chi connectivity index (χ0v) is 17.1. The van der Waals surface area contributed by atoms with Crippen LogP contribution in [0.5, 0.6) is 0 Å². The minimum Gasteiger partial charge on any atom is -0.438 e. The summed E-state index contributed by atoms with van der Waals surface area (Å²) in [5.41, 5.74) is 1.83. The van der Waals surface area contributed by atoms with E-state index in [1.54, 1.807) is 43.3 Å². The second-order valence-corrected chi connectivity index (χ2v) is 7.81. The van der Waals surface area contributed by atoms with Crippen molar-refractivity contribution >= 4 is 23.6 Å². The van der Waals surface area contributed by atoms with Crippen molar-refractivity contribution < 1.29 is 23.5 Å². The number of nitrogens with one attached hydrogen (secondary N) is 2. The highest BCUT2D eigenvalue weighted by atomic mass is 19.1. The zero-order valence-electron chi connectivity index (χ0n) is 17.1. The Morgan fingerprint density at radius 1 is 1.16 bits per heavy atom. The van der Waals surface area contributed by atoms with Gasteiger partial charge in [0.25, 0.3) is 0 Å². The standard InChI is InChI=1S/C23H24FN3O4/c1-2-19(28)25-17-8-6-15(7-9-17)21-20(22(29)26-18-10-11-18)27(23(30)31-21)13-14-4-3-5-16(24)12-14/h3-9,12,18,20-21H,2,10-11,13H2,1H3,(H,25,28)(H,26,29). The molecule has 31 heavy (non-hydrogen) atoms. The van der Waals surface area contributed by atoms with E-state index in [0.717, 1.165) is 12.8 Å². The molecule has 0 spiro atoms. The number of ether oxygens (including phenoxy) is 1. The van der Waals surface area contributed by atoms with Crippen LogP contribution in [0.4, 0.5) is 14.9 Å². The van der Waals surface area contributed by atoms with Crippen LogP contribution >= 0.6 is 0 Å². The summed E-state index contributed by atoms with van der Waals surface area (Å²) in [6.07, 6.45) is 0.742. The number of cyclic esters (lactones) is 1. The molecule has 2 aliphatic rings. The van der Waals surface area contributed by atoms with Gasteiger partial charge in [0, 0.05) is 18.2 Å². The topological polar surface area (TPSA) is 87.7 Å². The number of benzene rings is 2. The molecular weight excluding hydrogens is 401 g/mol. The molecule has 1 heterocycles. The fourth-order valence-electron chi connectivity index (χ4n) is 3.56. The van der Waals surface area contributed by atoms with Crippen molar-refractivity contribution in [1.29, 1.82) is 0 Å². The number of amides is 3. The van der Waals surface area contributed by atoms with Gasteiger partial charge in [-0.3, -0.25) is 14.5 Å². The Bertz CT molecular complexity index is 991. The van der Waals surface area contributed by atoms with Crippen molar-refractivity contribution in [3.8, 4) is 0 Å². The van der Waals surface area contributed by atoms with Crippen molar-refractivity contribution in [1.82, 2.24) is 10.2 Å². The first kappa shape index (κ1) is 20.8. The van der Waals surface area contributed by atoms with Gasteiger partial charge < -0.3 is 15.4 Å². The predicted octanol–water partition coefficient (Wildman–Crippen LogP) is 3.51. The summed E-state index contributed by atoms with van der Waals surface area (Å²) < 4.78 is 19.2. The van der Waals surface area contributed by atoms with Gasteiger partial charge in [0.2, 0.25) is 11.8 Å². The van der Waals surface area contributed by atoms with Crippen LogP contribution in [0, 0.1) is 5.82 Å². The van der Waals surface area contributed by atoms with Gasteiger partial charge in [-0.1, -0.05) is 31.2 Å². The molecule has 2 unspecified atom stereocenters. The smallest absolute Gasteiger partial charge is 0.411 e. The molecule has 8 heteroatoms. The van der Waals surface area contributed by atoms with Crippen molar-refractivity contribution in [3.63, 3.8) is 0 Å². The van der Waals surface area contributed by atoms with Gasteiger partial charge in [-0.25, -0.2) is 9.18 Å². The molecule has 2 atom stereocenters. The lowest BCUT2D eigenvalue weighted by Gasteiger charge is -2.24. The number of carbonyl (C=O) groups is 3. The average molecular weight is 425 g/mol. The van der Waals surface area contributed by atoms with Crippen LogP contribution in [-0.4, -0.2) is 34.9 Å². The van der Waals surface area contributed by atoms with Gasteiger partial charge in [-0.2, -0.15) is 0 Å². The lowest BCUT2D eigenvalue weighted by atomic mass is 10.00. The van der Waals surface area contributed by atoms with Crippen LogP contribution in [0.25, 0.3) is 0 Å². The van der Waals surface area contributed by atoms with Gasteiger partial charge in [0.05, 0.1) is 6.54 Å². The van der Waals surface area contributed by atoms with Crippen LogP contribution in [-0.2, 0) is 20.9 Å². The van der Waals surface area contributed by atoms with Crippen molar-refractivity contribution in [2.24, 2.45) is 0 Å². The van der Waals surface area contributed by atoms with Gasteiger partial charge >= 0.3 is 6.09 Å². The first-order valence-electron chi connectivity index (χ1n) is 10.4. The summed E-state index contributed by atoms with van der Waals surface area (Å²) >= 11 is 0. The van der Waals surface area contributed by atoms with Crippen molar-refractivity contribution in [2.75, 3.05) is 5.32 Å². The third-order valence-corrected chi connectivity index (χ3v) is 5.36. The first-order chi connectivity index (χ1) is 14.9. The van der Waals surface area contributed by atoms with Crippen molar-refractivity contribution in [2.45, 2.75) is 50.9 Å². The quantitative estimate of drug-likeness (QED) is 0.711. The predicted molar refractivity (Wildman–Crippen MR) is 111 cm³/mol. The molecule has 7 nitrogen and oxygen atoms in total. The number of nitrogens with zero attached hydrogens (tertiary/aromatic N) is 1. The molecular formula is C23H24FN3O4. The molecule has 4 rings (SSSR count). The molecule has 0 bridgehead atoms. The molecule has 3 amide bonds. The molecule has 0 aromatic heterocycles. The van der Waals surface area contributed by atoms with Crippen LogP contribution in [0.15, 0.2) is 48.5 Å². The van der Waals surface area contributed by atoms with E-state index in [2.05, 4.69) is 10.6 Å². The molecule has 1 aliphatic carbocycles. The summed E-state index contributed by atoms with van der Waals surface area (Å²) in [7, 11) is 0. The summed E-state index contributed by atoms with van der Waals surface area (Å²) in [5.74, 6) is -0.813. The van der Waals surface area contributed by atoms with E-state index < -0.39 is 24.1 Å². The fourth-order valence-corrected chi connectivity index (χ4v) is 3.56. The monoisotopic (exact) mass is 425 g/mol. The summed E-state index contributed by atoms with van der Waals surface area (Å²) in [6, 6.07) is 12.0. The highest BCUT2D eigenvalue weighted by molar-refractivity contribution is 5.91. The molecule has 2 aromatic rings. The highest BCUT2D eigenvalue weighted by Crippen LogP contribution is 2.35. The van der Waals surface area contributed by atoms with E-state index in [4.69, 9.17) is 4.74 Å². The van der Waals surface area contributed by atoms with E-state index >= 15 is 0 Å². The van der Waals surface area contributed by atoms with Gasteiger partial charge in [0.1, 0.15) is 5.82 Å². The normalized spacial score (nSPS) is 20.3. The van der Waals surface area contributed by atoms with E-state index in [9.17, 15) is 18.8 Å². The maximum absolute atomic E-state index is 13.6. The molecule has 2 N–H and O–H groups in total.